The molecule has 6 heteroatoms. The molecular formula is C22H24N4O2. The van der Waals surface area contributed by atoms with Crippen LogP contribution in [0.15, 0.2) is 42.5 Å². The van der Waals surface area contributed by atoms with Crippen molar-refractivity contribution in [2.75, 3.05) is 30.8 Å². The summed E-state index contributed by atoms with van der Waals surface area (Å²) >= 11 is 0. The number of fused-ring (bicyclic) bond motifs is 1. The van der Waals surface area contributed by atoms with E-state index < -0.39 is 5.97 Å². The van der Waals surface area contributed by atoms with Gasteiger partial charge in [0.25, 0.3) is 0 Å². The van der Waals surface area contributed by atoms with E-state index in [2.05, 4.69) is 39.1 Å². The lowest BCUT2D eigenvalue weighted by atomic mass is 10.0. The minimum atomic E-state index is -0.575. The SMILES string of the molecule is COC(=O)c1nc(-c2ccc3ccccc3c2)c(N2CCCCCC2)nc1N. The number of nitrogens with two attached hydrogens (primary N) is 1. The summed E-state index contributed by atoms with van der Waals surface area (Å²) in [5, 5.41) is 2.26. The molecule has 0 radical (unpaired) electrons. The molecule has 0 bridgehead atoms. The maximum atomic E-state index is 12.2. The number of hydrogen-bond acceptors (Lipinski definition) is 6. The Morgan fingerprint density at radius 1 is 1.00 bits per heavy atom. The number of aromatic nitrogens is 2. The molecule has 2 heterocycles. The number of hydrogen-bond donors (Lipinski definition) is 1. The molecule has 1 aliphatic heterocycles. The molecule has 0 amide bonds. The van der Waals surface area contributed by atoms with E-state index in [0.717, 1.165) is 48.1 Å². The standard InChI is InChI=1S/C22H24N4O2/c1-28-22(27)19-20(23)25-21(26-12-6-2-3-7-13-26)18(24-19)17-11-10-15-8-4-5-9-16(15)14-17/h4-5,8-11,14H,2-3,6-7,12-13H2,1H3,(H2,23,25). The Balaban J connectivity index is 1.89. The van der Waals surface area contributed by atoms with E-state index >= 15 is 0 Å². The highest BCUT2D eigenvalue weighted by Gasteiger charge is 2.23. The fourth-order valence-electron chi connectivity index (χ4n) is 3.72. The van der Waals surface area contributed by atoms with Crippen molar-refractivity contribution in [2.24, 2.45) is 0 Å². The molecule has 2 aromatic carbocycles. The van der Waals surface area contributed by atoms with E-state index in [4.69, 9.17) is 10.5 Å². The number of anilines is 2. The summed E-state index contributed by atoms with van der Waals surface area (Å²) in [6.45, 7) is 1.82. The summed E-state index contributed by atoms with van der Waals surface area (Å²) < 4.78 is 4.85. The van der Waals surface area contributed by atoms with Gasteiger partial charge in [0, 0.05) is 18.7 Å². The van der Waals surface area contributed by atoms with Crippen molar-refractivity contribution in [2.45, 2.75) is 25.7 Å². The van der Waals surface area contributed by atoms with Gasteiger partial charge in [-0.05, 0) is 29.7 Å². The number of methoxy groups -OCH3 is 1. The largest absolute Gasteiger partial charge is 0.464 e. The summed E-state index contributed by atoms with van der Waals surface area (Å²) in [4.78, 5) is 23.6. The molecule has 1 aromatic heterocycles. The molecule has 0 unspecified atom stereocenters. The number of ether oxygens (including phenoxy) is 1. The van der Waals surface area contributed by atoms with Crippen LogP contribution in [0.1, 0.15) is 36.2 Å². The second-order valence-corrected chi connectivity index (χ2v) is 7.08. The normalized spacial score (nSPS) is 14.7. The van der Waals surface area contributed by atoms with Crippen LogP contribution in [0.2, 0.25) is 0 Å². The van der Waals surface area contributed by atoms with Crippen molar-refractivity contribution in [3.05, 3.63) is 48.2 Å². The van der Waals surface area contributed by atoms with Crippen molar-refractivity contribution < 1.29 is 9.53 Å². The van der Waals surface area contributed by atoms with Gasteiger partial charge in [-0.3, -0.25) is 0 Å². The molecule has 0 atom stereocenters. The summed E-state index contributed by atoms with van der Waals surface area (Å²) in [6.07, 6.45) is 4.64. The van der Waals surface area contributed by atoms with Gasteiger partial charge in [0.05, 0.1) is 7.11 Å². The van der Waals surface area contributed by atoms with E-state index in [1.807, 2.05) is 18.2 Å². The molecule has 1 fully saturated rings. The highest BCUT2D eigenvalue weighted by molar-refractivity contribution is 5.94. The lowest BCUT2D eigenvalue weighted by Crippen LogP contribution is -2.27. The van der Waals surface area contributed by atoms with Crippen LogP contribution in [0.5, 0.6) is 0 Å². The highest BCUT2D eigenvalue weighted by Crippen LogP contribution is 2.33. The van der Waals surface area contributed by atoms with Crippen LogP contribution in [-0.4, -0.2) is 36.1 Å². The van der Waals surface area contributed by atoms with Crippen LogP contribution in [0, 0.1) is 0 Å². The van der Waals surface area contributed by atoms with Gasteiger partial charge in [0.15, 0.2) is 17.3 Å². The van der Waals surface area contributed by atoms with Crippen LogP contribution in [0.4, 0.5) is 11.6 Å². The number of nitrogen functional groups attached to an aromatic ring is 1. The maximum Gasteiger partial charge on any atom is 0.360 e. The van der Waals surface area contributed by atoms with Gasteiger partial charge in [-0.1, -0.05) is 49.2 Å². The molecule has 4 rings (SSSR count). The average Bonchev–Trinajstić information content (AvgIpc) is 3.02. The molecule has 1 aliphatic rings. The summed E-state index contributed by atoms with van der Waals surface area (Å²) in [7, 11) is 1.32. The van der Waals surface area contributed by atoms with Crippen molar-refractivity contribution in [1.82, 2.24) is 9.97 Å². The van der Waals surface area contributed by atoms with Crippen molar-refractivity contribution in [1.29, 1.82) is 0 Å². The number of carbonyl (C=O) groups is 1. The van der Waals surface area contributed by atoms with Crippen LogP contribution in [0.3, 0.4) is 0 Å². The average molecular weight is 376 g/mol. The number of benzene rings is 2. The fraction of sp³-hybridized carbons (Fsp3) is 0.318. The minimum absolute atomic E-state index is 0.0595. The number of esters is 1. The summed E-state index contributed by atoms with van der Waals surface area (Å²) in [5.41, 5.74) is 7.72. The fourth-order valence-corrected chi connectivity index (χ4v) is 3.72. The smallest absolute Gasteiger partial charge is 0.360 e. The Morgan fingerprint density at radius 3 is 2.43 bits per heavy atom. The lowest BCUT2D eigenvalue weighted by Gasteiger charge is -2.24. The quantitative estimate of drug-likeness (QED) is 0.695. The molecule has 1 saturated heterocycles. The molecule has 0 aliphatic carbocycles. The third kappa shape index (κ3) is 3.50. The van der Waals surface area contributed by atoms with Crippen LogP contribution >= 0.6 is 0 Å². The Hall–Kier alpha value is -3.15. The van der Waals surface area contributed by atoms with Gasteiger partial charge in [0.1, 0.15) is 5.69 Å². The van der Waals surface area contributed by atoms with Gasteiger partial charge in [0.2, 0.25) is 0 Å². The monoisotopic (exact) mass is 376 g/mol. The predicted octanol–water partition coefficient (Wildman–Crippen LogP) is 4.05. The van der Waals surface area contributed by atoms with Crippen molar-refractivity contribution >= 4 is 28.4 Å². The van der Waals surface area contributed by atoms with E-state index in [0.29, 0.717) is 5.69 Å². The molecule has 28 heavy (non-hydrogen) atoms. The zero-order valence-corrected chi connectivity index (χ0v) is 16.0. The molecule has 0 spiro atoms. The first-order valence-corrected chi connectivity index (χ1v) is 9.67. The van der Waals surface area contributed by atoms with E-state index in [1.54, 1.807) is 0 Å². The molecular weight excluding hydrogens is 352 g/mol. The van der Waals surface area contributed by atoms with Gasteiger partial charge in [-0.15, -0.1) is 0 Å². The topological polar surface area (TPSA) is 81.3 Å². The predicted molar refractivity (Wildman–Crippen MR) is 111 cm³/mol. The Labute approximate surface area is 164 Å². The Bertz CT molecular complexity index is 1010. The highest BCUT2D eigenvalue weighted by atomic mass is 16.5. The third-order valence-corrected chi connectivity index (χ3v) is 5.21. The van der Waals surface area contributed by atoms with Gasteiger partial charge < -0.3 is 15.4 Å². The zero-order chi connectivity index (χ0) is 19.5. The van der Waals surface area contributed by atoms with Crippen molar-refractivity contribution in [3.63, 3.8) is 0 Å². The first-order valence-electron chi connectivity index (χ1n) is 9.67. The second kappa shape index (κ2) is 7.84. The summed E-state index contributed by atoms with van der Waals surface area (Å²) in [6, 6.07) is 14.3. The van der Waals surface area contributed by atoms with E-state index in [-0.39, 0.29) is 11.5 Å². The number of rotatable bonds is 3. The van der Waals surface area contributed by atoms with Gasteiger partial charge in [-0.25, -0.2) is 14.8 Å². The van der Waals surface area contributed by atoms with Crippen LogP contribution in [-0.2, 0) is 4.74 Å². The van der Waals surface area contributed by atoms with Crippen LogP contribution in [0.25, 0.3) is 22.0 Å². The van der Waals surface area contributed by atoms with Crippen molar-refractivity contribution in [3.8, 4) is 11.3 Å². The molecule has 0 saturated carbocycles. The zero-order valence-electron chi connectivity index (χ0n) is 16.0. The Morgan fingerprint density at radius 2 is 1.71 bits per heavy atom. The minimum Gasteiger partial charge on any atom is -0.464 e. The lowest BCUT2D eigenvalue weighted by molar-refractivity contribution is 0.0595. The molecule has 3 aromatic rings. The maximum absolute atomic E-state index is 12.2. The van der Waals surface area contributed by atoms with Gasteiger partial charge in [-0.2, -0.15) is 0 Å². The molecule has 6 nitrogen and oxygen atoms in total. The first-order chi connectivity index (χ1) is 13.7. The number of carbonyl (C=O) groups excluding carboxylic acids is 1. The van der Waals surface area contributed by atoms with E-state index in [9.17, 15) is 4.79 Å². The third-order valence-electron chi connectivity index (χ3n) is 5.21. The number of nitrogens with zero attached hydrogens (tertiary/aromatic N) is 3. The molecule has 2 N–H and O–H groups in total. The van der Waals surface area contributed by atoms with E-state index in [1.165, 1.54) is 20.0 Å². The van der Waals surface area contributed by atoms with Crippen LogP contribution < -0.4 is 10.6 Å². The molecule has 144 valence electrons. The van der Waals surface area contributed by atoms with Gasteiger partial charge >= 0.3 is 5.97 Å². The first kappa shape index (κ1) is 18.2. The Kier molecular flexibility index (Phi) is 5.10. The summed E-state index contributed by atoms with van der Waals surface area (Å²) in [5.74, 6) is 0.271. The second-order valence-electron chi connectivity index (χ2n) is 7.08.